The van der Waals surface area contributed by atoms with Gasteiger partial charge >= 0.3 is 5.97 Å². The first-order chi connectivity index (χ1) is 6.78. The molecule has 0 aromatic rings. The molecule has 0 heterocycles. The maximum absolute atomic E-state index is 11.7. The van der Waals surface area contributed by atoms with Crippen LogP contribution in [0.1, 0.15) is 20.8 Å². The Labute approximate surface area is 92.8 Å². The van der Waals surface area contributed by atoms with E-state index in [-0.39, 0.29) is 11.9 Å². The zero-order valence-electron chi connectivity index (χ0n) is 10.5. The quantitative estimate of drug-likeness (QED) is 0.415. The van der Waals surface area contributed by atoms with Gasteiger partial charge in [-0.3, -0.25) is 0 Å². The summed E-state index contributed by atoms with van der Waals surface area (Å²) in [6.45, 7) is 11.9. The van der Waals surface area contributed by atoms with E-state index in [2.05, 4.69) is 5.16 Å². The van der Waals surface area contributed by atoms with Gasteiger partial charge in [0.25, 0.3) is 0 Å². The van der Waals surface area contributed by atoms with Gasteiger partial charge in [0.05, 0.1) is 0 Å². The molecule has 0 fully saturated rings. The van der Waals surface area contributed by atoms with E-state index < -0.39 is 8.32 Å². The third-order valence-corrected chi connectivity index (χ3v) is 2.24. The van der Waals surface area contributed by atoms with Gasteiger partial charge in [-0.25, -0.2) is 4.79 Å². The van der Waals surface area contributed by atoms with E-state index >= 15 is 0 Å². The van der Waals surface area contributed by atoms with Crippen molar-refractivity contribution in [2.75, 3.05) is 6.61 Å². The topological polar surface area (TPSA) is 47.9 Å². The fourth-order valence-corrected chi connectivity index (χ4v) is 1.50. The molecule has 0 aromatic heterocycles. The number of carbonyl (C=O) groups is 1. The van der Waals surface area contributed by atoms with Gasteiger partial charge in [0.15, 0.2) is 5.71 Å². The van der Waals surface area contributed by atoms with Crippen molar-refractivity contribution in [3.05, 3.63) is 0 Å². The Hall–Kier alpha value is -0.843. The first kappa shape index (κ1) is 14.2. The Balaban J connectivity index is 4.58. The average Bonchev–Trinajstić information content (AvgIpc) is 2.00. The lowest BCUT2D eigenvalue weighted by Gasteiger charge is -2.18. The van der Waals surface area contributed by atoms with Crippen LogP contribution >= 0.6 is 0 Å². The van der Waals surface area contributed by atoms with Crippen LogP contribution in [-0.4, -0.2) is 26.6 Å². The summed E-state index contributed by atoms with van der Waals surface area (Å²) in [5, 5.41) is 3.79. The lowest BCUT2D eigenvalue weighted by molar-refractivity contribution is -0.128. The summed E-state index contributed by atoms with van der Waals surface area (Å²) in [5.41, 5.74) is 0.360. The maximum Gasteiger partial charge on any atom is 0.343 e. The standard InChI is InChI=1S/C10H21NO3Si/c1-7-13-11-9(8(2)3)10(12)14-15(4,5)6/h8H,7H2,1-6H3/b11-9+. The number of rotatable bonds is 5. The summed E-state index contributed by atoms with van der Waals surface area (Å²) in [6, 6.07) is 0. The highest BCUT2D eigenvalue weighted by Gasteiger charge is 2.25. The highest BCUT2D eigenvalue weighted by Crippen LogP contribution is 2.07. The van der Waals surface area contributed by atoms with Crippen LogP contribution in [0.4, 0.5) is 0 Å². The molecule has 0 saturated heterocycles. The zero-order chi connectivity index (χ0) is 12.1. The third kappa shape index (κ3) is 6.27. The second-order valence-corrected chi connectivity index (χ2v) is 8.98. The molecule has 88 valence electrons. The molecule has 0 atom stereocenters. The number of carbonyl (C=O) groups excluding carboxylic acids is 1. The van der Waals surface area contributed by atoms with Gasteiger partial charge in [-0.15, -0.1) is 0 Å². The summed E-state index contributed by atoms with van der Waals surface area (Å²) in [5.74, 6) is -0.335. The first-order valence-electron chi connectivity index (χ1n) is 5.21. The van der Waals surface area contributed by atoms with Gasteiger partial charge in [-0.2, -0.15) is 0 Å². The van der Waals surface area contributed by atoms with E-state index in [1.165, 1.54) is 0 Å². The second-order valence-electron chi connectivity index (χ2n) is 4.55. The Kier molecular flexibility index (Phi) is 5.57. The minimum absolute atomic E-state index is 0.0143. The molecule has 0 aliphatic carbocycles. The smallest absolute Gasteiger partial charge is 0.343 e. The van der Waals surface area contributed by atoms with Crippen LogP contribution < -0.4 is 0 Å². The average molecular weight is 231 g/mol. The van der Waals surface area contributed by atoms with Crippen LogP contribution in [-0.2, 0) is 14.1 Å². The molecule has 15 heavy (non-hydrogen) atoms. The summed E-state index contributed by atoms with van der Waals surface area (Å²) < 4.78 is 5.35. The zero-order valence-corrected chi connectivity index (χ0v) is 11.5. The molecule has 0 spiro atoms. The Bertz CT molecular complexity index is 244. The van der Waals surface area contributed by atoms with Crippen molar-refractivity contribution in [1.29, 1.82) is 0 Å². The highest BCUT2D eigenvalue weighted by atomic mass is 28.4. The van der Waals surface area contributed by atoms with E-state index in [0.717, 1.165) is 0 Å². The highest BCUT2D eigenvalue weighted by molar-refractivity contribution is 6.72. The van der Waals surface area contributed by atoms with Gasteiger partial charge in [-0.1, -0.05) is 19.0 Å². The molecule has 5 heteroatoms. The molecule has 0 saturated carbocycles. The largest absolute Gasteiger partial charge is 0.515 e. The van der Waals surface area contributed by atoms with Crippen molar-refractivity contribution >= 4 is 20.0 Å². The SMILES string of the molecule is CCO/N=C(/C(=O)O[Si](C)(C)C)C(C)C. The van der Waals surface area contributed by atoms with Crippen LogP contribution in [0.2, 0.25) is 19.6 Å². The molecule has 0 amide bonds. The summed E-state index contributed by atoms with van der Waals surface area (Å²) >= 11 is 0. The van der Waals surface area contributed by atoms with Gasteiger partial charge in [0, 0.05) is 5.92 Å². The molecule has 0 bridgehead atoms. The van der Waals surface area contributed by atoms with Crippen molar-refractivity contribution in [2.45, 2.75) is 40.4 Å². The number of oxime groups is 1. The van der Waals surface area contributed by atoms with Gasteiger partial charge < -0.3 is 9.26 Å². The predicted octanol–water partition coefficient (Wildman–Crippen LogP) is 2.41. The molecule has 0 unspecified atom stereocenters. The van der Waals surface area contributed by atoms with Crippen molar-refractivity contribution in [3.63, 3.8) is 0 Å². The van der Waals surface area contributed by atoms with Crippen LogP contribution in [0.15, 0.2) is 5.16 Å². The minimum Gasteiger partial charge on any atom is -0.515 e. The minimum atomic E-state index is -1.85. The molecular formula is C10H21NO3Si. The lowest BCUT2D eigenvalue weighted by Crippen LogP contribution is -2.35. The van der Waals surface area contributed by atoms with E-state index in [1.54, 1.807) is 0 Å². The Morgan fingerprint density at radius 3 is 2.20 bits per heavy atom. The first-order valence-corrected chi connectivity index (χ1v) is 8.62. The van der Waals surface area contributed by atoms with Gasteiger partial charge in [0.1, 0.15) is 6.61 Å². The second kappa shape index (κ2) is 5.90. The molecule has 0 radical (unpaired) electrons. The van der Waals surface area contributed by atoms with E-state index in [1.807, 2.05) is 40.4 Å². The lowest BCUT2D eigenvalue weighted by atomic mass is 10.1. The maximum atomic E-state index is 11.7. The Morgan fingerprint density at radius 1 is 1.33 bits per heavy atom. The molecular weight excluding hydrogens is 210 g/mol. The fourth-order valence-electron chi connectivity index (χ4n) is 0.843. The van der Waals surface area contributed by atoms with Gasteiger partial charge in [-0.05, 0) is 26.6 Å². The molecule has 0 aliphatic rings. The van der Waals surface area contributed by atoms with Crippen molar-refractivity contribution < 1.29 is 14.1 Å². The molecule has 4 nitrogen and oxygen atoms in total. The molecule has 0 N–H and O–H groups in total. The van der Waals surface area contributed by atoms with Crippen molar-refractivity contribution in [1.82, 2.24) is 0 Å². The van der Waals surface area contributed by atoms with Crippen molar-refractivity contribution in [2.24, 2.45) is 11.1 Å². The van der Waals surface area contributed by atoms with Gasteiger partial charge in [0.2, 0.25) is 8.32 Å². The number of hydrogen-bond donors (Lipinski definition) is 0. The summed E-state index contributed by atoms with van der Waals surface area (Å²) in [7, 11) is -1.85. The van der Waals surface area contributed by atoms with Crippen LogP contribution in [0.25, 0.3) is 0 Å². The number of hydrogen-bond acceptors (Lipinski definition) is 4. The van der Waals surface area contributed by atoms with E-state index in [0.29, 0.717) is 12.3 Å². The summed E-state index contributed by atoms with van der Waals surface area (Å²) in [4.78, 5) is 16.6. The molecule has 0 rings (SSSR count). The fraction of sp³-hybridized carbons (Fsp3) is 0.800. The molecule has 0 aliphatic heterocycles. The van der Waals surface area contributed by atoms with E-state index in [4.69, 9.17) is 9.26 Å². The van der Waals surface area contributed by atoms with E-state index in [9.17, 15) is 4.79 Å². The van der Waals surface area contributed by atoms with Crippen LogP contribution in [0.3, 0.4) is 0 Å². The van der Waals surface area contributed by atoms with Crippen molar-refractivity contribution in [3.8, 4) is 0 Å². The normalized spacial score (nSPS) is 12.9. The summed E-state index contributed by atoms with van der Waals surface area (Å²) in [6.07, 6.45) is 0. The molecule has 0 aromatic carbocycles. The number of nitrogens with zero attached hydrogens (tertiary/aromatic N) is 1. The Morgan fingerprint density at radius 2 is 1.87 bits per heavy atom. The predicted molar refractivity (Wildman–Crippen MR) is 63.3 cm³/mol. The monoisotopic (exact) mass is 231 g/mol. The van der Waals surface area contributed by atoms with Crippen LogP contribution in [0.5, 0.6) is 0 Å². The third-order valence-electron chi connectivity index (χ3n) is 1.45. The van der Waals surface area contributed by atoms with Crippen LogP contribution in [0, 0.1) is 5.92 Å².